The van der Waals surface area contributed by atoms with Crippen molar-refractivity contribution in [2.75, 3.05) is 13.7 Å². The van der Waals surface area contributed by atoms with Crippen molar-refractivity contribution in [1.29, 1.82) is 0 Å². The van der Waals surface area contributed by atoms with Gasteiger partial charge in [-0.1, -0.05) is 12.1 Å². The molecule has 0 radical (unpaired) electrons. The van der Waals surface area contributed by atoms with E-state index in [0.717, 1.165) is 36.0 Å². The molecule has 2 unspecified atom stereocenters. The lowest BCUT2D eigenvalue weighted by molar-refractivity contribution is 0.0297. The maximum atomic E-state index is 14.8. The second-order valence-corrected chi connectivity index (χ2v) is 11.0. The molecule has 0 bridgehead atoms. The molecule has 4 rings (SSSR count). The van der Waals surface area contributed by atoms with Crippen molar-refractivity contribution >= 4 is 21.4 Å². The first kappa shape index (κ1) is 24.6. The summed E-state index contributed by atoms with van der Waals surface area (Å²) in [5.41, 5.74) is 0.939. The number of rotatable bonds is 8. The predicted octanol–water partition coefficient (Wildman–Crippen LogP) is 4.91. The van der Waals surface area contributed by atoms with Gasteiger partial charge in [0.1, 0.15) is 33.6 Å². The summed E-state index contributed by atoms with van der Waals surface area (Å²) in [5, 5.41) is 0.178. The molecule has 3 atom stereocenters. The summed E-state index contributed by atoms with van der Waals surface area (Å²) in [4.78, 5) is 3.03. The average molecular weight is 513 g/mol. The third-order valence-electron chi connectivity index (χ3n) is 6.06. The predicted molar refractivity (Wildman–Crippen MR) is 120 cm³/mol. The van der Waals surface area contributed by atoms with Crippen LogP contribution in [0.4, 0.5) is 13.2 Å². The highest BCUT2D eigenvalue weighted by Gasteiger charge is 2.33. The number of aromatic nitrogens is 2. The lowest BCUT2D eigenvalue weighted by Crippen LogP contribution is -2.31. The quantitative estimate of drug-likeness (QED) is 0.427. The van der Waals surface area contributed by atoms with Crippen LogP contribution in [0.15, 0.2) is 47.6 Å². The van der Waals surface area contributed by atoms with Gasteiger partial charge in [-0.15, -0.1) is 0 Å². The Balaban J connectivity index is 1.52. The standard InChI is InChI=1S/C23H23F3N2O4S2/c1-31-17-6-7-18(14-2-4-16(24)5-3-14)15(8-17)11-32-21-9-20(26)22(10-19(21)25)34(29,30)12-23-27-13-28-33-23/h2-5,9-10,13,15,17-18H,6-8,11-12H2,1H3/t15-,17?,18?/m0/s1. The molecule has 11 heteroatoms. The molecular formula is C23H23F3N2O4S2. The van der Waals surface area contributed by atoms with Gasteiger partial charge in [0.05, 0.1) is 12.7 Å². The second-order valence-electron chi connectivity index (χ2n) is 8.21. The molecule has 3 aromatic rings. The highest BCUT2D eigenvalue weighted by Crippen LogP contribution is 2.39. The number of hydrogen-bond acceptors (Lipinski definition) is 7. The Labute approximate surface area is 199 Å². The van der Waals surface area contributed by atoms with Crippen molar-refractivity contribution in [2.45, 2.75) is 41.9 Å². The van der Waals surface area contributed by atoms with E-state index in [1.54, 1.807) is 19.2 Å². The Kier molecular flexibility index (Phi) is 7.54. The van der Waals surface area contributed by atoms with Crippen LogP contribution in [0.3, 0.4) is 0 Å². The molecule has 1 saturated carbocycles. The number of nitrogens with zero attached hydrogens (tertiary/aromatic N) is 2. The normalized spacial score (nSPS) is 20.9. The molecule has 1 aliphatic carbocycles. The fraction of sp³-hybridized carbons (Fsp3) is 0.391. The molecule has 182 valence electrons. The number of sulfone groups is 1. The summed E-state index contributed by atoms with van der Waals surface area (Å²) >= 11 is 0.870. The number of hydrogen-bond donors (Lipinski definition) is 0. The molecule has 2 aromatic carbocycles. The van der Waals surface area contributed by atoms with Crippen LogP contribution in [-0.4, -0.2) is 37.6 Å². The first-order valence-electron chi connectivity index (χ1n) is 10.6. The van der Waals surface area contributed by atoms with Crippen LogP contribution >= 0.6 is 11.5 Å². The maximum Gasteiger partial charge on any atom is 0.187 e. The number of ether oxygens (including phenoxy) is 2. The topological polar surface area (TPSA) is 78.4 Å². The van der Waals surface area contributed by atoms with E-state index in [0.29, 0.717) is 12.5 Å². The van der Waals surface area contributed by atoms with Crippen LogP contribution in [0.5, 0.6) is 5.75 Å². The van der Waals surface area contributed by atoms with Crippen molar-refractivity contribution in [3.8, 4) is 5.75 Å². The fourth-order valence-electron chi connectivity index (χ4n) is 4.32. The first-order chi connectivity index (χ1) is 16.3. The van der Waals surface area contributed by atoms with E-state index in [1.165, 1.54) is 18.5 Å². The van der Waals surface area contributed by atoms with E-state index in [-0.39, 0.29) is 41.1 Å². The van der Waals surface area contributed by atoms with Crippen LogP contribution < -0.4 is 4.74 Å². The van der Waals surface area contributed by atoms with Crippen molar-refractivity contribution in [1.82, 2.24) is 9.36 Å². The summed E-state index contributed by atoms with van der Waals surface area (Å²) in [6.45, 7) is 0.0646. The van der Waals surface area contributed by atoms with Gasteiger partial charge in [0.15, 0.2) is 21.4 Å². The summed E-state index contributed by atoms with van der Waals surface area (Å²) in [7, 11) is -2.54. The average Bonchev–Trinajstić information content (AvgIpc) is 3.32. The van der Waals surface area contributed by atoms with Crippen LogP contribution in [0, 0.1) is 23.4 Å². The summed E-state index contributed by atoms with van der Waals surface area (Å²) in [6, 6.07) is 7.62. The fourth-order valence-corrected chi connectivity index (χ4v) is 6.50. The van der Waals surface area contributed by atoms with Crippen LogP contribution in [0.1, 0.15) is 35.8 Å². The van der Waals surface area contributed by atoms with Gasteiger partial charge >= 0.3 is 0 Å². The third-order valence-corrected chi connectivity index (χ3v) is 8.54. The molecule has 6 nitrogen and oxygen atoms in total. The van der Waals surface area contributed by atoms with Crippen molar-refractivity contribution in [3.63, 3.8) is 0 Å². The van der Waals surface area contributed by atoms with E-state index in [4.69, 9.17) is 9.47 Å². The van der Waals surface area contributed by atoms with Gasteiger partial charge in [0.25, 0.3) is 0 Å². The molecule has 0 saturated heterocycles. The molecule has 0 amide bonds. The van der Waals surface area contributed by atoms with Crippen LogP contribution in [0.2, 0.25) is 0 Å². The van der Waals surface area contributed by atoms with E-state index in [1.807, 2.05) is 0 Å². The largest absolute Gasteiger partial charge is 0.490 e. The molecule has 1 aliphatic rings. The molecule has 0 N–H and O–H groups in total. The van der Waals surface area contributed by atoms with Gasteiger partial charge in [0.2, 0.25) is 0 Å². The van der Waals surface area contributed by atoms with Gasteiger partial charge < -0.3 is 9.47 Å². The van der Waals surface area contributed by atoms with E-state index in [9.17, 15) is 21.6 Å². The highest BCUT2D eigenvalue weighted by molar-refractivity contribution is 7.90. The molecule has 34 heavy (non-hydrogen) atoms. The Bertz CT molecular complexity index is 1220. The summed E-state index contributed by atoms with van der Waals surface area (Å²) in [6.07, 6.45) is 3.43. The number of methoxy groups -OCH3 is 1. The zero-order valence-corrected chi connectivity index (χ0v) is 19.9. The molecular weight excluding hydrogens is 489 g/mol. The highest BCUT2D eigenvalue weighted by atomic mass is 32.2. The Morgan fingerprint density at radius 1 is 1.09 bits per heavy atom. The molecule has 0 aliphatic heterocycles. The van der Waals surface area contributed by atoms with Crippen molar-refractivity contribution < 1.29 is 31.1 Å². The monoisotopic (exact) mass is 512 g/mol. The third kappa shape index (κ3) is 5.59. The number of halogens is 3. The van der Waals surface area contributed by atoms with Crippen molar-refractivity contribution in [2.24, 2.45) is 5.92 Å². The molecule has 1 fully saturated rings. The zero-order valence-electron chi connectivity index (χ0n) is 18.3. The smallest absolute Gasteiger partial charge is 0.187 e. The Morgan fingerprint density at radius 3 is 2.53 bits per heavy atom. The van der Waals surface area contributed by atoms with Crippen LogP contribution in [0.25, 0.3) is 0 Å². The lowest BCUT2D eigenvalue weighted by Gasteiger charge is -2.35. The molecule has 0 spiro atoms. The minimum atomic E-state index is -4.16. The second kappa shape index (κ2) is 10.4. The van der Waals surface area contributed by atoms with Gasteiger partial charge in [0, 0.05) is 19.1 Å². The van der Waals surface area contributed by atoms with Gasteiger partial charge in [-0.05, 0) is 60.5 Å². The number of benzene rings is 2. The van der Waals surface area contributed by atoms with Crippen molar-refractivity contribution in [3.05, 3.63) is 70.7 Å². The minimum absolute atomic E-state index is 0.000230. The summed E-state index contributed by atoms with van der Waals surface area (Å²) < 4.78 is 82.7. The van der Waals surface area contributed by atoms with E-state index >= 15 is 0 Å². The Hall–Kier alpha value is -2.50. The minimum Gasteiger partial charge on any atom is -0.490 e. The Morgan fingerprint density at radius 2 is 1.85 bits per heavy atom. The van der Waals surface area contributed by atoms with E-state index < -0.39 is 32.1 Å². The van der Waals surface area contributed by atoms with Gasteiger partial charge in [-0.2, -0.15) is 4.37 Å². The first-order valence-corrected chi connectivity index (χ1v) is 13.1. The summed E-state index contributed by atoms with van der Waals surface area (Å²) in [5.74, 6) is -3.41. The van der Waals surface area contributed by atoms with Crippen LogP contribution in [-0.2, 0) is 20.3 Å². The zero-order chi connectivity index (χ0) is 24.3. The molecule has 1 aromatic heterocycles. The van der Waals surface area contributed by atoms with Gasteiger partial charge in [-0.25, -0.2) is 26.6 Å². The lowest BCUT2D eigenvalue weighted by atomic mass is 9.74. The molecule has 1 heterocycles. The SMILES string of the molecule is COC1CCC(c2ccc(F)cc2)[C@H](COc2cc(F)c(S(=O)(=O)Cc3ncns3)cc2F)C1. The van der Waals surface area contributed by atoms with Gasteiger partial charge in [-0.3, -0.25) is 0 Å². The van der Waals surface area contributed by atoms with E-state index in [2.05, 4.69) is 9.36 Å². The maximum absolute atomic E-state index is 14.8.